The summed E-state index contributed by atoms with van der Waals surface area (Å²) in [7, 11) is 0. The predicted molar refractivity (Wildman–Crippen MR) is 103 cm³/mol. The Morgan fingerprint density at radius 1 is 1.11 bits per heavy atom. The van der Waals surface area contributed by atoms with Crippen molar-refractivity contribution in [1.82, 2.24) is 14.8 Å². The summed E-state index contributed by atoms with van der Waals surface area (Å²) in [6.45, 7) is 2.65. The van der Waals surface area contributed by atoms with E-state index in [0.717, 1.165) is 17.8 Å². The van der Waals surface area contributed by atoms with Gasteiger partial charge in [-0.1, -0.05) is 11.6 Å². The van der Waals surface area contributed by atoms with Crippen molar-refractivity contribution in [3.05, 3.63) is 45.4 Å². The summed E-state index contributed by atoms with van der Waals surface area (Å²) in [5.74, 6) is 1.10. The number of hydrogen-bond donors (Lipinski definition) is 0. The summed E-state index contributed by atoms with van der Waals surface area (Å²) in [5.41, 5.74) is 0.441. The first kappa shape index (κ1) is 18.3. The SMILES string of the molecule is O=C(c1csc(COc2ccc(Cl)cc2)n1)N1CCN(C(=O)C2CC2)CC1. The summed E-state index contributed by atoms with van der Waals surface area (Å²) in [6.07, 6.45) is 2.02. The van der Waals surface area contributed by atoms with Crippen LogP contribution in [-0.4, -0.2) is 52.8 Å². The number of carbonyl (C=O) groups excluding carboxylic acids is 2. The van der Waals surface area contributed by atoms with Crippen LogP contribution in [0.3, 0.4) is 0 Å². The van der Waals surface area contributed by atoms with E-state index in [-0.39, 0.29) is 17.7 Å². The Hall–Kier alpha value is -2.12. The number of piperazine rings is 1. The second-order valence-corrected chi connectivity index (χ2v) is 8.14. The summed E-state index contributed by atoms with van der Waals surface area (Å²) < 4.78 is 5.67. The molecule has 1 saturated heterocycles. The van der Waals surface area contributed by atoms with Crippen LogP contribution >= 0.6 is 22.9 Å². The van der Waals surface area contributed by atoms with Crippen molar-refractivity contribution in [3.63, 3.8) is 0 Å². The lowest BCUT2D eigenvalue weighted by molar-refractivity contribution is -0.134. The van der Waals surface area contributed by atoms with Crippen molar-refractivity contribution in [2.24, 2.45) is 5.92 Å². The quantitative estimate of drug-likeness (QED) is 0.766. The maximum absolute atomic E-state index is 12.7. The average Bonchev–Trinajstić information content (AvgIpc) is 3.44. The summed E-state index contributed by atoms with van der Waals surface area (Å²) in [4.78, 5) is 32.8. The van der Waals surface area contributed by atoms with Crippen LogP contribution < -0.4 is 4.74 Å². The van der Waals surface area contributed by atoms with Crippen molar-refractivity contribution in [2.75, 3.05) is 26.2 Å². The van der Waals surface area contributed by atoms with Crippen molar-refractivity contribution in [2.45, 2.75) is 19.4 Å². The molecular weight excluding hydrogens is 386 g/mol. The molecule has 2 aliphatic rings. The van der Waals surface area contributed by atoms with Gasteiger partial charge in [-0.3, -0.25) is 9.59 Å². The number of benzene rings is 1. The second kappa shape index (κ2) is 7.86. The third kappa shape index (κ3) is 4.42. The molecule has 142 valence electrons. The summed E-state index contributed by atoms with van der Waals surface area (Å²) >= 11 is 7.26. The van der Waals surface area contributed by atoms with Gasteiger partial charge in [0, 0.05) is 42.5 Å². The number of amides is 2. The molecule has 1 aromatic heterocycles. The van der Waals surface area contributed by atoms with Gasteiger partial charge < -0.3 is 14.5 Å². The Bertz CT molecular complexity index is 827. The molecule has 2 fully saturated rings. The zero-order valence-electron chi connectivity index (χ0n) is 14.8. The van der Waals surface area contributed by atoms with E-state index >= 15 is 0 Å². The fourth-order valence-corrected chi connectivity index (χ4v) is 3.84. The van der Waals surface area contributed by atoms with E-state index in [1.807, 2.05) is 4.90 Å². The normalized spacial score (nSPS) is 17.1. The highest BCUT2D eigenvalue weighted by atomic mass is 35.5. The topological polar surface area (TPSA) is 62.7 Å². The van der Waals surface area contributed by atoms with Gasteiger partial charge in [0.25, 0.3) is 5.91 Å². The molecule has 2 aromatic rings. The molecule has 0 spiro atoms. The maximum atomic E-state index is 12.7. The van der Waals surface area contributed by atoms with Crippen LogP contribution in [0.1, 0.15) is 28.3 Å². The molecule has 4 rings (SSSR count). The maximum Gasteiger partial charge on any atom is 0.273 e. The summed E-state index contributed by atoms with van der Waals surface area (Å²) in [6, 6.07) is 7.12. The molecule has 0 radical (unpaired) electrons. The van der Waals surface area contributed by atoms with Crippen LogP contribution in [0, 0.1) is 5.92 Å². The molecule has 0 atom stereocenters. The van der Waals surface area contributed by atoms with Gasteiger partial charge in [0.15, 0.2) is 0 Å². The molecule has 1 aliphatic heterocycles. The first-order chi connectivity index (χ1) is 13.1. The highest BCUT2D eigenvalue weighted by Gasteiger charge is 2.35. The monoisotopic (exact) mass is 405 g/mol. The van der Waals surface area contributed by atoms with Crippen molar-refractivity contribution < 1.29 is 14.3 Å². The number of carbonyl (C=O) groups is 2. The van der Waals surface area contributed by atoms with E-state index in [9.17, 15) is 9.59 Å². The molecule has 2 amide bonds. The molecule has 1 aliphatic carbocycles. The Morgan fingerprint density at radius 2 is 1.78 bits per heavy atom. The number of rotatable bonds is 5. The van der Waals surface area contributed by atoms with Gasteiger partial charge in [-0.2, -0.15) is 0 Å². The Kier molecular flexibility index (Phi) is 5.31. The van der Waals surface area contributed by atoms with E-state index in [4.69, 9.17) is 16.3 Å². The fourth-order valence-electron chi connectivity index (χ4n) is 3.03. The second-order valence-electron chi connectivity index (χ2n) is 6.76. The van der Waals surface area contributed by atoms with Crippen molar-refractivity contribution in [1.29, 1.82) is 0 Å². The minimum atomic E-state index is -0.0810. The standard InChI is InChI=1S/C19H20ClN3O3S/c20-14-3-5-15(6-4-14)26-11-17-21-16(12-27-17)19(25)23-9-7-22(8-10-23)18(24)13-1-2-13/h3-6,12-13H,1-2,7-11H2. The molecule has 6 nitrogen and oxygen atoms in total. The number of hydrogen-bond acceptors (Lipinski definition) is 5. The Labute approximate surface area is 166 Å². The highest BCUT2D eigenvalue weighted by Crippen LogP contribution is 2.31. The predicted octanol–water partition coefficient (Wildman–Crippen LogP) is 3.07. The molecule has 8 heteroatoms. The number of nitrogens with zero attached hydrogens (tertiary/aromatic N) is 3. The number of aromatic nitrogens is 1. The van der Waals surface area contributed by atoms with Crippen LogP contribution in [-0.2, 0) is 11.4 Å². The minimum Gasteiger partial charge on any atom is -0.486 e. The lowest BCUT2D eigenvalue weighted by atomic mass is 10.2. The number of thiazole rings is 1. The van der Waals surface area contributed by atoms with Crippen LogP contribution in [0.4, 0.5) is 0 Å². The van der Waals surface area contributed by atoms with Crippen LogP contribution in [0.15, 0.2) is 29.6 Å². The van der Waals surface area contributed by atoms with Gasteiger partial charge in [0.05, 0.1) is 0 Å². The minimum absolute atomic E-state index is 0.0810. The molecule has 2 heterocycles. The largest absolute Gasteiger partial charge is 0.486 e. The Balaban J connectivity index is 1.29. The summed E-state index contributed by atoms with van der Waals surface area (Å²) in [5, 5.41) is 3.17. The lowest BCUT2D eigenvalue weighted by Gasteiger charge is -2.34. The van der Waals surface area contributed by atoms with E-state index in [0.29, 0.717) is 49.3 Å². The first-order valence-electron chi connectivity index (χ1n) is 9.01. The molecule has 0 N–H and O–H groups in total. The highest BCUT2D eigenvalue weighted by molar-refractivity contribution is 7.09. The molecule has 1 saturated carbocycles. The van der Waals surface area contributed by atoms with Gasteiger partial charge in [-0.05, 0) is 37.1 Å². The van der Waals surface area contributed by atoms with E-state index < -0.39 is 0 Å². The van der Waals surface area contributed by atoms with Gasteiger partial charge >= 0.3 is 0 Å². The smallest absolute Gasteiger partial charge is 0.273 e. The van der Waals surface area contributed by atoms with E-state index in [1.54, 1.807) is 34.5 Å². The molecule has 1 aromatic carbocycles. The van der Waals surface area contributed by atoms with Crippen LogP contribution in [0.25, 0.3) is 0 Å². The molecule has 0 unspecified atom stereocenters. The van der Waals surface area contributed by atoms with Gasteiger partial charge in [-0.25, -0.2) is 4.98 Å². The number of halogens is 1. The Morgan fingerprint density at radius 3 is 2.44 bits per heavy atom. The van der Waals surface area contributed by atoms with Crippen LogP contribution in [0.5, 0.6) is 5.75 Å². The van der Waals surface area contributed by atoms with Crippen molar-refractivity contribution in [3.8, 4) is 5.75 Å². The fraction of sp³-hybridized carbons (Fsp3) is 0.421. The van der Waals surface area contributed by atoms with Crippen LogP contribution in [0.2, 0.25) is 5.02 Å². The number of ether oxygens (including phenoxy) is 1. The van der Waals surface area contributed by atoms with Crippen molar-refractivity contribution >= 4 is 34.8 Å². The molecule has 27 heavy (non-hydrogen) atoms. The average molecular weight is 406 g/mol. The zero-order valence-corrected chi connectivity index (χ0v) is 16.3. The van der Waals surface area contributed by atoms with Gasteiger partial charge in [0.1, 0.15) is 23.1 Å². The van der Waals surface area contributed by atoms with E-state index in [2.05, 4.69) is 4.98 Å². The van der Waals surface area contributed by atoms with Gasteiger partial charge in [-0.15, -0.1) is 11.3 Å². The van der Waals surface area contributed by atoms with Gasteiger partial charge in [0.2, 0.25) is 5.91 Å². The third-order valence-electron chi connectivity index (χ3n) is 4.75. The third-order valence-corrected chi connectivity index (χ3v) is 5.83. The first-order valence-corrected chi connectivity index (χ1v) is 10.3. The van der Waals surface area contributed by atoms with E-state index in [1.165, 1.54) is 11.3 Å². The molecular formula is C19H20ClN3O3S. The molecule has 0 bridgehead atoms. The zero-order chi connectivity index (χ0) is 18.8. The lowest BCUT2D eigenvalue weighted by Crippen LogP contribution is -2.51.